The summed E-state index contributed by atoms with van der Waals surface area (Å²) >= 11 is 6.37. The molecule has 0 saturated heterocycles. The predicted molar refractivity (Wildman–Crippen MR) is 60.2 cm³/mol. The third-order valence-corrected chi connectivity index (χ3v) is 3.62. The molecule has 0 unspecified atom stereocenters. The predicted octanol–water partition coefficient (Wildman–Crippen LogP) is 1.54. The number of hydrogen-bond donors (Lipinski definition) is 1. The first-order valence-electron chi connectivity index (χ1n) is 4.19. The number of nitrogens with zero attached hydrogens (tertiary/aromatic N) is 2. The lowest BCUT2D eigenvalue weighted by Gasteiger charge is -2.04. The van der Waals surface area contributed by atoms with E-state index in [-0.39, 0.29) is 12.2 Å². The number of rotatable bonds is 4. The Labute approximate surface area is 98.2 Å². The molecular weight excluding hydrogens is 316 g/mol. The Balaban J connectivity index is 2.79. The number of hydrogen-bond acceptors (Lipinski definition) is 3. The van der Waals surface area contributed by atoms with Gasteiger partial charge in [0.2, 0.25) is 0 Å². The van der Waals surface area contributed by atoms with Crippen molar-refractivity contribution < 1.29 is 5.11 Å². The first kappa shape index (κ1) is 11.9. The van der Waals surface area contributed by atoms with E-state index >= 15 is 0 Å². The van der Waals surface area contributed by atoms with E-state index in [9.17, 15) is 4.79 Å². The van der Waals surface area contributed by atoms with Gasteiger partial charge >= 0.3 is 0 Å². The van der Waals surface area contributed by atoms with Crippen molar-refractivity contribution >= 4 is 31.9 Å². The van der Waals surface area contributed by atoms with Crippen LogP contribution in [-0.2, 0) is 6.54 Å². The minimum absolute atomic E-state index is 0.145. The molecule has 14 heavy (non-hydrogen) atoms. The second-order valence-corrected chi connectivity index (χ2v) is 4.41. The van der Waals surface area contributed by atoms with Gasteiger partial charge in [0.15, 0.2) is 0 Å². The van der Waals surface area contributed by atoms with Gasteiger partial charge in [-0.25, -0.2) is 4.68 Å². The maximum atomic E-state index is 11.5. The third-order valence-electron chi connectivity index (χ3n) is 1.72. The molecule has 0 aliphatic rings. The summed E-state index contributed by atoms with van der Waals surface area (Å²) in [4.78, 5) is 11.5. The molecule has 1 N–H and O–H groups in total. The molecule has 0 radical (unpaired) electrons. The van der Waals surface area contributed by atoms with Crippen LogP contribution in [-0.4, -0.2) is 21.5 Å². The molecule has 0 spiro atoms. The largest absolute Gasteiger partial charge is 0.396 e. The molecule has 0 amide bonds. The van der Waals surface area contributed by atoms with E-state index in [0.29, 0.717) is 21.9 Å². The average molecular weight is 326 g/mol. The van der Waals surface area contributed by atoms with Crippen molar-refractivity contribution in [2.24, 2.45) is 0 Å². The molecule has 0 fully saturated rings. The molecule has 1 rings (SSSR count). The Morgan fingerprint density at radius 1 is 1.43 bits per heavy atom. The van der Waals surface area contributed by atoms with E-state index < -0.39 is 0 Å². The van der Waals surface area contributed by atoms with Crippen LogP contribution in [0.5, 0.6) is 0 Å². The zero-order valence-electron chi connectivity index (χ0n) is 7.41. The first-order chi connectivity index (χ1) is 6.66. The summed E-state index contributed by atoms with van der Waals surface area (Å²) in [6.45, 7) is 0.678. The number of unbranched alkanes of at least 4 members (excludes halogenated alkanes) is 1. The van der Waals surface area contributed by atoms with Gasteiger partial charge in [0, 0.05) is 13.2 Å². The number of halogens is 2. The molecule has 0 bridgehead atoms. The summed E-state index contributed by atoms with van der Waals surface area (Å²) in [6, 6.07) is 0. The molecule has 1 heterocycles. The van der Waals surface area contributed by atoms with Gasteiger partial charge in [0.25, 0.3) is 5.56 Å². The summed E-state index contributed by atoms with van der Waals surface area (Å²) in [5.41, 5.74) is -0.155. The lowest BCUT2D eigenvalue weighted by molar-refractivity contribution is 0.279. The Kier molecular flexibility index (Phi) is 4.77. The second kappa shape index (κ2) is 5.63. The van der Waals surface area contributed by atoms with Crippen LogP contribution < -0.4 is 5.56 Å². The smallest absolute Gasteiger partial charge is 0.282 e. The van der Waals surface area contributed by atoms with Crippen LogP contribution in [0, 0.1) is 0 Å². The van der Waals surface area contributed by atoms with Gasteiger partial charge in [-0.15, -0.1) is 0 Å². The van der Waals surface area contributed by atoms with E-state index in [2.05, 4.69) is 37.0 Å². The number of aromatic nitrogens is 2. The first-order valence-corrected chi connectivity index (χ1v) is 5.77. The molecule has 1 aromatic heterocycles. The molecule has 0 aromatic carbocycles. The monoisotopic (exact) mass is 324 g/mol. The Bertz CT molecular complexity index is 365. The van der Waals surface area contributed by atoms with Crippen LogP contribution in [0.3, 0.4) is 0 Å². The number of aliphatic hydroxyl groups is 1. The molecule has 1 aromatic rings. The zero-order chi connectivity index (χ0) is 10.6. The number of aryl methyl sites for hydroxylation is 1. The summed E-state index contributed by atoms with van der Waals surface area (Å²) in [7, 11) is 0. The Morgan fingerprint density at radius 3 is 2.79 bits per heavy atom. The highest BCUT2D eigenvalue weighted by molar-refractivity contribution is 9.13. The van der Waals surface area contributed by atoms with Crippen molar-refractivity contribution in [1.29, 1.82) is 0 Å². The van der Waals surface area contributed by atoms with Crippen molar-refractivity contribution in [2.75, 3.05) is 6.61 Å². The summed E-state index contributed by atoms with van der Waals surface area (Å²) in [5, 5.41) is 12.5. The van der Waals surface area contributed by atoms with E-state index in [1.807, 2.05) is 0 Å². The maximum Gasteiger partial charge on any atom is 0.282 e. The van der Waals surface area contributed by atoms with Gasteiger partial charge in [0.1, 0.15) is 4.47 Å². The standard InChI is InChI=1S/C8H10Br2N2O2/c9-6-5-11-12(3-1-2-4-13)8(14)7(6)10/h5,13H,1-4H2. The van der Waals surface area contributed by atoms with Crippen LogP contribution >= 0.6 is 31.9 Å². The Morgan fingerprint density at radius 2 is 2.14 bits per heavy atom. The fourth-order valence-electron chi connectivity index (χ4n) is 0.978. The van der Waals surface area contributed by atoms with Crippen molar-refractivity contribution in [3.05, 3.63) is 25.5 Å². The van der Waals surface area contributed by atoms with Crippen molar-refractivity contribution in [3.63, 3.8) is 0 Å². The minimum Gasteiger partial charge on any atom is -0.396 e. The van der Waals surface area contributed by atoms with Crippen molar-refractivity contribution in [3.8, 4) is 0 Å². The molecule has 0 atom stereocenters. The second-order valence-electron chi connectivity index (χ2n) is 2.77. The molecular formula is C8H10Br2N2O2. The molecule has 0 aliphatic heterocycles. The van der Waals surface area contributed by atoms with Crippen molar-refractivity contribution in [1.82, 2.24) is 9.78 Å². The van der Waals surface area contributed by atoms with Gasteiger partial charge in [-0.05, 0) is 44.7 Å². The van der Waals surface area contributed by atoms with E-state index in [1.165, 1.54) is 4.68 Å². The van der Waals surface area contributed by atoms with Crippen LogP contribution in [0.25, 0.3) is 0 Å². The third kappa shape index (κ3) is 2.90. The van der Waals surface area contributed by atoms with Crippen LogP contribution in [0.4, 0.5) is 0 Å². The minimum atomic E-state index is -0.155. The van der Waals surface area contributed by atoms with Gasteiger partial charge < -0.3 is 5.11 Å². The van der Waals surface area contributed by atoms with E-state index in [0.717, 1.165) is 6.42 Å². The lowest BCUT2D eigenvalue weighted by atomic mass is 10.3. The van der Waals surface area contributed by atoms with Crippen LogP contribution in [0.15, 0.2) is 19.9 Å². The van der Waals surface area contributed by atoms with Gasteiger partial charge in [-0.3, -0.25) is 4.79 Å². The molecule has 6 heteroatoms. The summed E-state index contributed by atoms with van der Waals surface area (Å²) in [5.74, 6) is 0. The van der Waals surface area contributed by atoms with E-state index in [1.54, 1.807) is 6.20 Å². The SMILES string of the molecule is O=c1c(Br)c(Br)cnn1CCCCO. The average Bonchev–Trinajstić information content (AvgIpc) is 2.18. The van der Waals surface area contributed by atoms with Gasteiger partial charge in [0.05, 0.1) is 10.7 Å². The van der Waals surface area contributed by atoms with Gasteiger partial charge in [-0.2, -0.15) is 5.10 Å². The molecule has 0 saturated carbocycles. The molecule has 0 aliphatic carbocycles. The molecule has 4 nitrogen and oxygen atoms in total. The fourth-order valence-corrected chi connectivity index (χ4v) is 1.55. The fraction of sp³-hybridized carbons (Fsp3) is 0.500. The van der Waals surface area contributed by atoms with Crippen LogP contribution in [0.1, 0.15) is 12.8 Å². The number of aliphatic hydroxyl groups excluding tert-OH is 1. The quantitative estimate of drug-likeness (QED) is 0.854. The topological polar surface area (TPSA) is 55.1 Å². The lowest BCUT2D eigenvalue weighted by Crippen LogP contribution is -2.23. The van der Waals surface area contributed by atoms with E-state index in [4.69, 9.17) is 5.11 Å². The Hall–Kier alpha value is -0.200. The summed E-state index contributed by atoms with van der Waals surface area (Å²) < 4.78 is 2.52. The normalized spacial score (nSPS) is 10.5. The summed E-state index contributed by atoms with van der Waals surface area (Å²) in [6.07, 6.45) is 3.00. The van der Waals surface area contributed by atoms with Crippen LogP contribution in [0.2, 0.25) is 0 Å². The highest BCUT2D eigenvalue weighted by Gasteiger charge is 2.05. The van der Waals surface area contributed by atoms with Gasteiger partial charge in [-0.1, -0.05) is 0 Å². The highest BCUT2D eigenvalue weighted by Crippen LogP contribution is 2.16. The zero-order valence-corrected chi connectivity index (χ0v) is 10.6. The molecule has 78 valence electrons. The maximum absolute atomic E-state index is 11.5. The highest BCUT2D eigenvalue weighted by atomic mass is 79.9. The van der Waals surface area contributed by atoms with Crippen molar-refractivity contribution in [2.45, 2.75) is 19.4 Å².